The molecule has 4 amide bonds. The lowest BCUT2D eigenvalue weighted by Crippen LogP contribution is -2.61. The molecule has 1 saturated heterocycles. The van der Waals surface area contributed by atoms with Crippen molar-refractivity contribution in [2.45, 2.75) is 106 Å². The molecular formula is C33H52N4O4. The van der Waals surface area contributed by atoms with Crippen molar-refractivity contribution >= 4 is 23.6 Å². The molecule has 0 aliphatic carbocycles. The van der Waals surface area contributed by atoms with E-state index in [0.717, 1.165) is 12.8 Å². The molecule has 1 heterocycles. The number of hydrogen-bond acceptors (Lipinski definition) is 4. The molecule has 0 spiro atoms. The third-order valence-electron chi connectivity index (χ3n) is 8.22. The van der Waals surface area contributed by atoms with Gasteiger partial charge in [-0.25, -0.2) is 4.79 Å². The first kappa shape index (κ1) is 34.0. The summed E-state index contributed by atoms with van der Waals surface area (Å²) >= 11 is 0. The second-order valence-electron chi connectivity index (χ2n) is 13.5. The van der Waals surface area contributed by atoms with E-state index in [1.165, 1.54) is 0 Å². The Labute approximate surface area is 247 Å². The van der Waals surface area contributed by atoms with Crippen LogP contribution < -0.4 is 16.0 Å². The molecule has 0 saturated carbocycles. The van der Waals surface area contributed by atoms with Crippen molar-refractivity contribution < 1.29 is 19.2 Å². The lowest BCUT2D eigenvalue weighted by atomic mass is 9.74. The standard InChI is InChI=1S/C33H52N4O4/c1-11-16-22(5)34-29(39)26-24(33(9,10)12-2)19-20-37(26)30(40)28(32(6,7)8)36-31(41)35-25(21(3)4)27(38)23-17-14-13-15-18-23/h12-15,17-18,21-22,24-26,28H,2,11,16,19-20H2,1,3-10H3,(H,34,39)(H2,35,36,41)/t22?,24-,25-,26-,28+/m0/s1. The average Bonchev–Trinajstić information content (AvgIpc) is 3.36. The summed E-state index contributed by atoms with van der Waals surface area (Å²) in [7, 11) is 0. The van der Waals surface area contributed by atoms with Gasteiger partial charge in [0.2, 0.25) is 11.8 Å². The Kier molecular flexibility index (Phi) is 11.7. The highest BCUT2D eigenvalue weighted by Gasteiger charge is 2.50. The van der Waals surface area contributed by atoms with Crippen LogP contribution in [0.25, 0.3) is 0 Å². The summed E-state index contributed by atoms with van der Waals surface area (Å²) in [4.78, 5) is 56.0. The number of Topliss-reactive ketones (excluding diaryl/α,β-unsaturated/α-hetero) is 1. The highest BCUT2D eigenvalue weighted by Crippen LogP contribution is 2.41. The molecule has 1 aromatic rings. The monoisotopic (exact) mass is 568 g/mol. The zero-order chi connectivity index (χ0) is 31.1. The number of amides is 4. The number of urea groups is 1. The van der Waals surface area contributed by atoms with Gasteiger partial charge in [-0.2, -0.15) is 0 Å². The molecule has 41 heavy (non-hydrogen) atoms. The molecule has 8 heteroatoms. The van der Waals surface area contributed by atoms with Gasteiger partial charge in [-0.15, -0.1) is 6.58 Å². The van der Waals surface area contributed by atoms with Crippen LogP contribution in [-0.2, 0) is 9.59 Å². The molecule has 0 aromatic heterocycles. The molecular weight excluding hydrogens is 516 g/mol. The summed E-state index contributed by atoms with van der Waals surface area (Å²) in [5, 5.41) is 8.80. The summed E-state index contributed by atoms with van der Waals surface area (Å²) in [6.07, 6.45) is 4.28. The van der Waals surface area contributed by atoms with E-state index in [4.69, 9.17) is 0 Å². The second-order valence-corrected chi connectivity index (χ2v) is 13.5. The van der Waals surface area contributed by atoms with Gasteiger partial charge in [0.15, 0.2) is 5.78 Å². The maximum Gasteiger partial charge on any atom is 0.316 e. The van der Waals surface area contributed by atoms with Gasteiger partial charge in [0, 0.05) is 18.2 Å². The number of rotatable bonds is 12. The Balaban J connectivity index is 2.34. The molecule has 228 valence electrons. The van der Waals surface area contributed by atoms with E-state index in [1.807, 2.05) is 67.5 Å². The van der Waals surface area contributed by atoms with Crippen molar-refractivity contribution in [2.24, 2.45) is 22.7 Å². The highest BCUT2D eigenvalue weighted by molar-refractivity contribution is 6.02. The third-order valence-corrected chi connectivity index (χ3v) is 8.22. The number of carbonyl (C=O) groups excluding carboxylic acids is 4. The van der Waals surface area contributed by atoms with Crippen LogP contribution in [0, 0.1) is 22.7 Å². The van der Waals surface area contributed by atoms with Crippen LogP contribution in [0.15, 0.2) is 43.0 Å². The number of allylic oxidation sites excluding steroid dienone is 1. The van der Waals surface area contributed by atoms with Gasteiger partial charge in [0.25, 0.3) is 0 Å². The first-order valence-electron chi connectivity index (χ1n) is 15.0. The van der Waals surface area contributed by atoms with E-state index in [9.17, 15) is 19.2 Å². The van der Waals surface area contributed by atoms with E-state index in [2.05, 4.69) is 29.5 Å². The minimum atomic E-state index is -0.920. The summed E-state index contributed by atoms with van der Waals surface area (Å²) in [5.41, 5.74) is -0.530. The highest BCUT2D eigenvalue weighted by atomic mass is 16.2. The van der Waals surface area contributed by atoms with Crippen LogP contribution in [0.2, 0.25) is 0 Å². The summed E-state index contributed by atoms with van der Waals surface area (Å²) in [6, 6.07) is 5.85. The van der Waals surface area contributed by atoms with Gasteiger partial charge >= 0.3 is 6.03 Å². The van der Waals surface area contributed by atoms with E-state index in [-0.39, 0.29) is 40.9 Å². The molecule has 1 fully saturated rings. The Morgan fingerprint density at radius 2 is 1.61 bits per heavy atom. The molecule has 3 N–H and O–H groups in total. The average molecular weight is 569 g/mol. The third kappa shape index (κ3) is 8.66. The van der Waals surface area contributed by atoms with Gasteiger partial charge in [-0.3, -0.25) is 14.4 Å². The van der Waals surface area contributed by atoms with Crippen molar-refractivity contribution in [1.29, 1.82) is 0 Å². The Morgan fingerprint density at radius 3 is 2.12 bits per heavy atom. The molecule has 1 aromatic carbocycles. The van der Waals surface area contributed by atoms with Crippen molar-refractivity contribution in [3.8, 4) is 0 Å². The number of carbonyl (C=O) groups is 4. The van der Waals surface area contributed by atoms with Gasteiger partial charge in [-0.05, 0) is 42.4 Å². The second kappa shape index (κ2) is 14.1. The molecule has 1 aliphatic rings. The predicted octanol–water partition coefficient (Wildman–Crippen LogP) is 5.34. The number of hydrogen-bond donors (Lipinski definition) is 3. The van der Waals surface area contributed by atoms with E-state index >= 15 is 0 Å². The first-order valence-corrected chi connectivity index (χ1v) is 15.0. The zero-order valence-electron chi connectivity index (χ0n) is 26.5. The molecule has 1 aliphatic heterocycles. The number of likely N-dealkylation sites (tertiary alicyclic amines) is 1. The molecule has 0 bridgehead atoms. The van der Waals surface area contributed by atoms with Gasteiger partial charge in [0.1, 0.15) is 12.1 Å². The molecule has 2 rings (SSSR count). The molecule has 0 radical (unpaired) electrons. The summed E-state index contributed by atoms with van der Waals surface area (Å²) < 4.78 is 0. The Morgan fingerprint density at radius 1 is 1.00 bits per heavy atom. The van der Waals surface area contributed by atoms with Crippen LogP contribution in [0.5, 0.6) is 0 Å². The largest absolute Gasteiger partial charge is 0.352 e. The fourth-order valence-corrected chi connectivity index (χ4v) is 5.57. The van der Waals surface area contributed by atoms with Crippen molar-refractivity contribution in [3.63, 3.8) is 0 Å². The van der Waals surface area contributed by atoms with Gasteiger partial charge < -0.3 is 20.9 Å². The lowest BCUT2D eigenvalue weighted by molar-refractivity contribution is -0.143. The number of nitrogens with one attached hydrogen (secondary N) is 3. The quantitative estimate of drug-likeness (QED) is 0.234. The van der Waals surface area contributed by atoms with E-state index in [1.54, 1.807) is 29.2 Å². The van der Waals surface area contributed by atoms with Crippen molar-refractivity contribution in [3.05, 3.63) is 48.6 Å². The van der Waals surface area contributed by atoms with Crippen molar-refractivity contribution in [2.75, 3.05) is 6.54 Å². The molecule has 8 nitrogen and oxygen atoms in total. The molecule has 5 atom stereocenters. The van der Waals surface area contributed by atoms with Crippen LogP contribution in [0.3, 0.4) is 0 Å². The predicted molar refractivity (Wildman–Crippen MR) is 164 cm³/mol. The fourth-order valence-electron chi connectivity index (χ4n) is 5.57. The number of ketones is 1. The van der Waals surface area contributed by atoms with Crippen LogP contribution in [0.4, 0.5) is 4.79 Å². The van der Waals surface area contributed by atoms with Crippen LogP contribution in [-0.4, -0.2) is 59.2 Å². The molecule has 1 unspecified atom stereocenters. The SMILES string of the molecule is C=CC(C)(C)[C@H]1CCN(C(=O)[C@@H](NC(=O)N[C@H](C(=O)c2ccccc2)C(C)C)C(C)(C)C)[C@@H]1C(=O)NC(C)CCC. The van der Waals surface area contributed by atoms with Crippen LogP contribution >= 0.6 is 0 Å². The Bertz CT molecular complexity index is 1080. The number of nitrogens with zero attached hydrogens (tertiary/aromatic N) is 1. The Hall–Kier alpha value is -3.16. The van der Waals surface area contributed by atoms with Gasteiger partial charge in [-0.1, -0.05) is 98.2 Å². The first-order chi connectivity index (χ1) is 19.0. The zero-order valence-corrected chi connectivity index (χ0v) is 26.5. The van der Waals surface area contributed by atoms with Crippen molar-refractivity contribution in [1.82, 2.24) is 20.9 Å². The summed E-state index contributed by atoms with van der Waals surface area (Å²) in [6.45, 7) is 21.9. The maximum atomic E-state index is 14.2. The lowest BCUT2D eigenvalue weighted by Gasteiger charge is -2.39. The van der Waals surface area contributed by atoms with Crippen LogP contribution in [0.1, 0.15) is 91.9 Å². The summed E-state index contributed by atoms with van der Waals surface area (Å²) in [5.74, 6) is -0.978. The smallest absolute Gasteiger partial charge is 0.316 e. The minimum Gasteiger partial charge on any atom is -0.352 e. The number of benzene rings is 1. The van der Waals surface area contributed by atoms with E-state index in [0.29, 0.717) is 18.5 Å². The topological polar surface area (TPSA) is 108 Å². The van der Waals surface area contributed by atoms with Gasteiger partial charge in [0.05, 0.1) is 6.04 Å². The normalized spacial score (nSPS) is 19.7. The van der Waals surface area contributed by atoms with E-state index < -0.39 is 29.6 Å². The fraction of sp³-hybridized carbons (Fsp3) is 0.636. The minimum absolute atomic E-state index is 0.0185. The maximum absolute atomic E-state index is 14.2.